The van der Waals surface area contributed by atoms with Crippen LogP contribution in [0.4, 0.5) is 0 Å². The van der Waals surface area contributed by atoms with Crippen molar-refractivity contribution in [3.05, 3.63) is 0 Å². The molecule has 0 fully saturated rings. The Kier molecular flexibility index (Phi) is 27.0. The van der Waals surface area contributed by atoms with Crippen LogP contribution in [0.2, 0.25) is 0 Å². The number of hydrogen-bond acceptors (Lipinski definition) is 6. The van der Waals surface area contributed by atoms with Gasteiger partial charge in [0.1, 0.15) is 0 Å². The standard InChI is InChI=1S/C27H54O6/c1-4-6-7-8-9-10-11-12-13-14-15-16-20-33-27(28)18-17-19-30-23-24-32-26(3)25-31-22-21-29-5-2/h26H,4-25H2,1-3H3. The van der Waals surface area contributed by atoms with E-state index in [1.54, 1.807) is 0 Å². The molecule has 0 aliphatic carbocycles. The van der Waals surface area contributed by atoms with Crippen LogP contribution in [-0.4, -0.2) is 64.9 Å². The van der Waals surface area contributed by atoms with Gasteiger partial charge in [0.25, 0.3) is 0 Å². The maximum absolute atomic E-state index is 11.8. The van der Waals surface area contributed by atoms with Gasteiger partial charge in [-0.25, -0.2) is 0 Å². The van der Waals surface area contributed by atoms with Gasteiger partial charge < -0.3 is 23.7 Å². The fourth-order valence-electron chi connectivity index (χ4n) is 3.49. The number of hydrogen-bond donors (Lipinski definition) is 0. The Bertz CT molecular complexity index is 391. The average Bonchev–Trinajstić information content (AvgIpc) is 2.81. The molecule has 1 atom stereocenters. The smallest absolute Gasteiger partial charge is 0.305 e. The van der Waals surface area contributed by atoms with Crippen molar-refractivity contribution >= 4 is 5.97 Å². The Hall–Kier alpha value is -0.690. The van der Waals surface area contributed by atoms with Gasteiger partial charge in [-0.15, -0.1) is 0 Å². The van der Waals surface area contributed by atoms with Crippen LogP contribution in [0.15, 0.2) is 0 Å². The van der Waals surface area contributed by atoms with Crippen LogP contribution in [-0.2, 0) is 28.5 Å². The van der Waals surface area contributed by atoms with E-state index in [9.17, 15) is 4.79 Å². The zero-order valence-corrected chi connectivity index (χ0v) is 22.1. The van der Waals surface area contributed by atoms with Crippen molar-refractivity contribution in [1.82, 2.24) is 0 Å². The molecule has 0 heterocycles. The SMILES string of the molecule is CCCCCCCCCCCCCCOC(=O)CCCOCCOC(C)COCCOCC. The van der Waals surface area contributed by atoms with Gasteiger partial charge in [0.2, 0.25) is 0 Å². The largest absolute Gasteiger partial charge is 0.466 e. The monoisotopic (exact) mass is 474 g/mol. The number of esters is 1. The van der Waals surface area contributed by atoms with Crippen LogP contribution in [0.5, 0.6) is 0 Å². The number of carbonyl (C=O) groups is 1. The van der Waals surface area contributed by atoms with Crippen molar-refractivity contribution in [3.8, 4) is 0 Å². The van der Waals surface area contributed by atoms with E-state index in [4.69, 9.17) is 23.7 Å². The van der Waals surface area contributed by atoms with Crippen LogP contribution in [0.25, 0.3) is 0 Å². The Balaban J connectivity index is 3.23. The molecule has 0 aliphatic rings. The van der Waals surface area contributed by atoms with E-state index in [0.29, 0.717) is 65.7 Å². The van der Waals surface area contributed by atoms with Crippen LogP contribution in [0.3, 0.4) is 0 Å². The van der Waals surface area contributed by atoms with Gasteiger partial charge in [-0.05, 0) is 26.7 Å². The second-order valence-electron chi connectivity index (χ2n) is 8.78. The zero-order chi connectivity index (χ0) is 24.2. The first-order chi connectivity index (χ1) is 16.2. The molecule has 0 spiro atoms. The lowest BCUT2D eigenvalue weighted by Gasteiger charge is -2.13. The summed E-state index contributed by atoms with van der Waals surface area (Å²) in [6.07, 6.45) is 16.9. The van der Waals surface area contributed by atoms with Gasteiger partial charge in [-0.1, -0.05) is 77.6 Å². The third-order valence-electron chi connectivity index (χ3n) is 5.49. The van der Waals surface area contributed by atoms with Crippen molar-refractivity contribution in [2.45, 2.75) is 117 Å². The molecule has 1 unspecified atom stereocenters. The van der Waals surface area contributed by atoms with Crippen LogP contribution < -0.4 is 0 Å². The molecular weight excluding hydrogens is 420 g/mol. The molecule has 0 aromatic carbocycles. The molecule has 0 bridgehead atoms. The minimum Gasteiger partial charge on any atom is -0.466 e. The molecule has 0 aromatic heterocycles. The lowest BCUT2D eigenvalue weighted by molar-refractivity contribution is -0.144. The van der Waals surface area contributed by atoms with E-state index >= 15 is 0 Å². The van der Waals surface area contributed by atoms with Crippen LogP contribution in [0.1, 0.15) is 111 Å². The first-order valence-electron chi connectivity index (χ1n) is 13.7. The topological polar surface area (TPSA) is 63.2 Å². The minimum absolute atomic E-state index is 0.0329. The van der Waals surface area contributed by atoms with Crippen molar-refractivity contribution in [2.24, 2.45) is 0 Å². The summed E-state index contributed by atoms with van der Waals surface area (Å²) < 4.78 is 27.1. The highest BCUT2D eigenvalue weighted by atomic mass is 16.6. The van der Waals surface area contributed by atoms with Crippen LogP contribution in [0, 0.1) is 0 Å². The summed E-state index contributed by atoms with van der Waals surface area (Å²) in [5.74, 6) is -0.115. The second kappa shape index (κ2) is 27.6. The highest BCUT2D eigenvalue weighted by Crippen LogP contribution is 2.12. The first kappa shape index (κ1) is 32.3. The normalized spacial score (nSPS) is 12.2. The van der Waals surface area contributed by atoms with Gasteiger partial charge >= 0.3 is 5.97 Å². The summed E-state index contributed by atoms with van der Waals surface area (Å²) in [5, 5.41) is 0. The van der Waals surface area contributed by atoms with E-state index in [1.807, 2.05) is 13.8 Å². The molecular formula is C27H54O6. The molecule has 0 saturated carbocycles. The summed E-state index contributed by atoms with van der Waals surface area (Å²) in [6, 6.07) is 0. The van der Waals surface area contributed by atoms with Gasteiger partial charge in [-0.3, -0.25) is 4.79 Å². The first-order valence-corrected chi connectivity index (χ1v) is 13.7. The van der Waals surface area contributed by atoms with Crippen molar-refractivity contribution in [3.63, 3.8) is 0 Å². The lowest BCUT2D eigenvalue weighted by Crippen LogP contribution is -2.20. The Morgan fingerprint density at radius 2 is 1.18 bits per heavy atom. The predicted molar refractivity (Wildman–Crippen MR) is 135 cm³/mol. The summed E-state index contributed by atoms with van der Waals surface area (Å²) in [7, 11) is 0. The van der Waals surface area contributed by atoms with Gasteiger partial charge in [0, 0.05) is 19.6 Å². The number of unbranched alkanes of at least 4 members (excludes halogenated alkanes) is 11. The predicted octanol–water partition coefficient (Wildman–Crippen LogP) is 6.49. The molecule has 6 nitrogen and oxygen atoms in total. The Labute approximate surface area is 204 Å². The summed E-state index contributed by atoms with van der Waals surface area (Å²) in [5.41, 5.74) is 0. The van der Waals surface area contributed by atoms with E-state index in [-0.39, 0.29) is 12.1 Å². The zero-order valence-electron chi connectivity index (χ0n) is 22.1. The maximum Gasteiger partial charge on any atom is 0.305 e. The molecule has 33 heavy (non-hydrogen) atoms. The fraction of sp³-hybridized carbons (Fsp3) is 0.963. The minimum atomic E-state index is -0.115. The molecule has 0 aromatic rings. The van der Waals surface area contributed by atoms with E-state index in [1.165, 1.54) is 64.2 Å². The molecule has 0 amide bonds. The third kappa shape index (κ3) is 27.4. The highest BCUT2D eigenvalue weighted by molar-refractivity contribution is 5.69. The second-order valence-corrected chi connectivity index (χ2v) is 8.78. The Morgan fingerprint density at radius 1 is 0.606 bits per heavy atom. The quantitative estimate of drug-likeness (QED) is 0.100. The number of carbonyl (C=O) groups excluding carboxylic acids is 1. The molecule has 0 saturated heterocycles. The lowest BCUT2D eigenvalue weighted by atomic mass is 10.1. The number of rotatable bonds is 27. The molecule has 0 radical (unpaired) electrons. The maximum atomic E-state index is 11.8. The fourth-order valence-corrected chi connectivity index (χ4v) is 3.49. The summed E-state index contributed by atoms with van der Waals surface area (Å²) in [6.45, 7) is 10.8. The molecule has 0 rings (SSSR count). The van der Waals surface area contributed by atoms with Gasteiger partial charge in [0.15, 0.2) is 0 Å². The van der Waals surface area contributed by atoms with Crippen molar-refractivity contribution in [2.75, 3.05) is 52.9 Å². The van der Waals surface area contributed by atoms with Crippen LogP contribution >= 0.6 is 0 Å². The average molecular weight is 475 g/mol. The van der Waals surface area contributed by atoms with E-state index in [2.05, 4.69) is 6.92 Å². The summed E-state index contributed by atoms with van der Waals surface area (Å²) >= 11 is 0. The molecule has 0 aliphatic heterocycles. The highest BCUT2D eigenvalue weighted by Gasteiger charge is 2.04. The third-order valence-corrected chi connectivity index (χ3v) is 5.49. The van der Waals surface area contributed by atoms with Crippen molar-refractivity contribution in [1.29, 1.82) is 0 Å². The Morgan fingerprint density at radius 3 is 1.82 bits per heavy atom. The summed E-state index contributed by atoms with van der Waals surface area (Å²) in [4.78, 5) is 11.8. The number of ether oxygens (including phenoxy) is 5. The molecule has 198 valence electrons. The van der Waals surface area contributed by atoms with E-state index < -0.39 is 0 Å². The van der Waals surface area contributed by atoms with Crippen molar-refractivity contribution < 1.29 is 28.5 Å². The molecule has 6 heteroatoms. The van der Waals surface area contributed by atoms with Gasteiger partial charge in [-0.2, -0.15) is 0 Å². The van der Waals surface area contributed by atoms with E-state index in [0.717, 1.165) is 12.8 Å². The van der Waals surface area contributed by atoms with Gasteiger partial charge in [0.05, 0.1) is 45.7 Å². The molecule has 0 N–H and O–H groups in total.